The molecule has 0 fully saturated rings. The molecule has 0 saturated heterocycles. The van der Waals surface area contributed by atoms with Crippen LogP contribution in [0.15, 0.2) is 48.5 Å². The van der Waals surface area contributed by atoms with Crippen molar-refractivity contribution in [2.24, 2.45) is 0 Å². The lowest BCUT2D eigenvalue weighted by atomic mass is 10.1. The van der Waals surface area contributed by atoms with E-state index in [9.17, 15) is 9.67 Å². The summed E-state index contributed by atoms with van der Waals surface area (Å²) in [6.45, 7) is 11.5. The highest BCUT2D eigenvalue weighted by atomic mass is 31.2. The quantitative estimate of drug-likeness (QED) is 0.435. The maximum atomic E-state index is 13.9. The summed E-state index contributed by atoms with van der Waals surface area (Å²) in [4.78, 5) is 0. The maximum absolute atomic E-state index is 13.9. The third kappa shape index (κ3) is 4.98. The maximum Gasteiger partial charge on any atom is 0.647 e. The predicted molar refractivity (Wildman–Crippen MR) is 119 cm³/mol. The summed E-state index contributed by atoms with van der Waals surface area (Å²) in [5, 5.41) is 9.54. The summed E-state index contributed by atoms with van der Waals surface area (Å²) >= 11 is 0. The molecule has 0 atom stereocenters. The van der Waals surface area contributed by atoms with Crippen molar-refractivity contribution in [3.8, 4) is 23.0 Å². The molecule has 0 heterocycles. The first-order chi connectivity index (χ1) is 14.1. The number of benzene rings is 3. The van der Waals surface area contributed by atoms with Crippen molar-refractivity contribution < 1.29 is 23.2 Å². The van der Waals surface area contributed by atoms with Gasteiger partial charge in [-0.05, 0) is 88.1 Å². The fraction of sp³-hybridized carbons (Fsp3) is 0.250. The first-order valence-electron chi connectivity index (χ1n) is 9.70. The Hall–Kier alpha value is -2.91. The lowest BCUT2D eigenvalue weighted by Crippen LogP contribution is -2.10. The Labute approximate surface area is 177 Å². The van der Waals surface area contributed by atoms with E-state index < -0.39 is 7.82 Å². The Morgan fingerprint density at radius 3 is 1.37 bits per heavy atom. The molecule has 0 saturated carbocycles. The van der Waals surface area contributed by atoms with Crippen molar-refractivity contribution in [3.63, 3.8) is 0 Å². The zero-order valence-corrected chi connectivity index (χ0v) is 19.0. The highest BCUT2D eigenvalue weighted by Gasteiger charge is 2.35. The zero-order valence-electron chi connectivity index (χ0n) is 18.1. The molecule has 3 rings (SSSR count). The molecule has 0 aliphatic rings. The SMILES string of the molecule is Cc1cc(C)c(OP(=O)(Oc2ccc(O)cc2)Oc2c(C)cc(C)cc2C)c(C)c1. The normalized spacial score (nSPS) is 11.3. The van der Waals surface area contributed by atoms with E-state index in [1.54, 1.807) is 0 Å². The van der Waals surface area contributed by atoms with E-state index in [2.05, 4.69) is 0 Å². The van der Waals surface area contributed by atoms with Gasteiger partial charge < -0.3 is 18.7 Å². The second-order valence-electron chi connectivity index (χ2n) is 7.67. The van der Waals surface area contributed by atoms with Crippen molar-refractivity contribution in [1.82, 2.24) is 0 Å². The first-order valence-corrected chi connectivity index (χ1v) is 11.2. The van der Waals surface area contributed by atoms with Crippen LogP contribution in [0.5, 0.6) is 23.0 Å². The molecule has 6 heteroatoms. The van der Waals surface area contributed by atoms with Crippen LogP contribution in [-0.4, -0.2) is 5.11 Å². The van der Waals surface area contributed by atoms with Crippen molar-refractivity contribution in [1.29, 1.82) is 0 Å². The Morgan fingerprint density at radius 2 is 1.00 bits per heavy atom. The van der Waals surface area contributed by atoms with Crippen LogP contribution < -0.4 is 13.6 Å². The number of phosphoric ester groups is 1. The van der Waals surface area contributed by atoms with Gasteiger partial charge in [-0.3, -0.25) is 0 Å². The lowest BCUT2D eigenvalue weighted by Gasteiger charge is -2.23. The van der Waals surface area contributed by atoms with E-state index in [1.807, 2.05) is 65.8 Å². The minimum Gasteiger partial charge on any atom is -0.508 e. The van der Waals surface area contributed by atoms with Gasteiger partial charge in [0, 0.05) is 0 Å². The molecule has 3 aromatic carbocycles. The number of phosphoric acid groups is 1. The van der Waals surface area contributed by atoms with E-state index in [4.69, 9.17) is 13.6 Å². The van der Waals surface area contributed by atoms with Gasteiger partial charge >= 0.3 is 7.82 Å². The Balaban J connectivity index is 2.05. The van der Waals surface area contributed by atoms with Gasteiger partial charge in [-0.2, -0.15) is 4.57 Å². The molecule has 0 radical (unpaired) electrons. The van der Waals surface area contributed by atoms with Crippen LogP contribution in [0.2, 0.25) is 0 Å². The van der Waals surface area contributed by atoms with Crippen molar-refractivity contribution >= 4 is 7.82 Å². The van der Waals surface area contributed by atoms with Gasteiger partial charge in [0.1, 0.15) is 23.0 Å². The Kier molecular flexibility index (Phi) is 6.14. The van der Waals surface area contributed by atoms with E-state index in [0.29, 0.717) is 11.5 Å². The van der Waals surface area contributed by atoms with Gasteiger partial charge in [-0.1, -0.05) is 35.4 Å². The molecule has 0 amide bonds. The number of phenolic OH excluding ortho intramolecular Hbond substituents is 1. The van der Waals surface area contributed by atoms with Crippen LogP contribution in [0.25, 0.3) is 0 Å². The molecule has 0 unspecified atom stereocenters. The summed E-state index contributed by atoms with van der Waals surface area (Å²) in [5.74, 6) is 1.27. The highest BCUT2D eigenvalue weighted by molar-refractivity contribution is 7.49. The third-order valence-corrected chi connectivity index (χ3v) is 5.92. The Bertz CT molecular complexity index is 1010. The monoisotopic (exact) mass is 426 g/mol. The summed E-state index contributed by atoms with van der Waals surface area (Å²) in [6, 6.07) is 13.7. The van der Waals surface area contributed by atoms with Crippen LogP contribution in [-0.2, 0) is 4.57 Å². The van der Waals surface area contributed by atoms with Gasteiger partial charge in [0.15, 0.2) is 0 Å². The number of aromatic hydroxyl groups is 1. The lowest BCUT2D eigenvalue weighted by molar-refractivity contribution is 0.295. The van der Waals surface area contributed by atoms with Gasteiger partial charge in [0.25, 0.3) is 0 Å². The van der Waals surface area contributed by atoms with Gasteiger partial charge in [0.2, 0.25) is 0 Å². The molecule has 0 bridgehead atoms. The van der Waals surface area contributed by atoms with Crippen LogP contribution in [0, 0.1) is 41.5 Å². The standard InChI is InChI=1S/C24H27O5P/c1-15-11-17(3)23(18(4)12-15)28-30(26,27-22-9-7-21(25)8-10-22)29-24-19(5)13-16(2)14-20(24)6/h7-14,25H,1-6H3. The minimum absolute atomic E-state index is 0.0782. The molecule has 0 spiro atoms. The van der Waals surface area contributed by atoms with Crippen LogP contribution in [0.1, 0.15) is 33.4 Å². The molecule has 0 aromatic heterocycles. The number of phenols is 1. The number of rotatable bonds is 6. The van der Waals surface area contributed by atoms with E-state index in [-0.39, 0.29) is 11.5 Å². The molecular weight excluding hydrogens is 399 g/mol. The fourth-order valence-electron chi connectivity index (χ4n) is 3.54. The number of hydrogen-bond donors (Lipinski definition) is 1. The smallest absolute Gasteiger partial charge is 0.508 e. The number of aryl methyl sites for hydroxylation is 6. The van der Waals surface area contributed by atoms with Gasteiger partial charge in [-0.25, -0.2) is 0 Å². The van der Waals surface area contributed by atoms with Crippen LogP contribution >= 0.6 is 7.82 Å². The van der Waals surface area contributed by atoms with E-state index in [1.165, 1.54) is 24.3 Å². The molecule has 3 aromatic rings. The molecule has 0 aliphatic carbocycles. The highest BCUT2D eigenvalue weighted by Crippen LogP contribution is 2.52. The first kappa shape index (κ1) is 21.8. The van der Waals surface area contributed by atoms with Gasteiger partial charge in [0.05, 0.1) is 0 Å². The molecule has 5 nitrogen and oxygen atoms in total. The van der Waals surface area contributed by atoms with Crippen LogP contribution in [0.4, 0.5) is 0 Å². The summed E-state index contributed by atoms with van der Waals surface area (Å²) < 4.78 is 31.5. The average Bonchev–Trinajstić information content (AvgIpc) is 2.63. The molecule has 158 valence electrons. The largest absolute Gasteiger partial charge is 0.647 e. The fourth-order valence-corrected chi connectivity index (χ4v) is 5.05. The predicted octanol–water partition coefficient (Wildman–Crippen LogP) is 6.89. The van der Waals surface area contributed by atoms with Crippen molar-refractivity contribution in [3.05, 3.63) is 81.9 Å². The Morgan fingerprint density at radius 1 is 0.633 bits per heavy atom. The molecule has 1 N–H and O–H groups in total. The second kappa shape index (κ2) is 8.45. The molecular formula is C24H27O5P. The van der Waals surface area contributed by atoms with E-state index in [0.717, 1.165) is 33.4 Å². The second-order valence-corrected chi connectivity index (χ2v) is 9.11. The van der Waals surface area contributed by atoms with Crippen LogP contribution in [0.3, 0.4) is 0 Å². The van der Waals surface area contributed by atoms with E-state index >= 15 is 0 Å². The topological polar surface area (TPSA) is 65.0 Å². The average molecular weight is 426 g/mol. The molecule has 0 aliphatic heterocycles. The van der Waals surface area contributed by atoms with Crippen molar-refractivity contribution in [2.45, 2.75) is 41.5 Å². The zero-order chi connectivity index (χ0) is 22.1. The number of hydrogen-bond acceptors (Lipinski definition) is 5. The third-order valence-electron chi connectivity index (χ3n) is 4.67. The summed E-state index contributed by atoms with van der Waals surface area (Å²) in [7, 11) is -4.12. The van der Waals surface area contributed by atoms with Gasteiger partial charge in [-0.15, -0.1) is 0 Å². The summed E-state index contributed by atoms with van der Waals surface area (Å²) in [6.07, 6.45) is 0. The van der Waals surface area contributed by atoms with Crippen molar-refractivity contribution in [2.75, 3.05) is 0 Å². The summed E-state index contributed by atoms with van der Waals surface area (Å²) in [5.41, 5.74) is 5.51. The molecule has 30 heavy (non-hydrogen) atoms. The minimum atomic E-state index is -4.12.